The second kappa shape index (κ2) is 7.53. The lowest BCUT2D eigenvalue weighted by molar-refractivity contribution is 0.117. The van der Waals surface area contributed by atoms with E-state index in [9.17, 15) is 4.79 Å². The van der Waals surface area contributed by atoms with Gasteiger partial charge in [-0.05, 0) is 48.9 Å². The molecule has 0 bridgehead atoms. The molecule has 27 heavy (non-hydrogen) atoms. The molecule has 0 aromatic heterocycles. The zero-order valence-electron chi connectivity index (χ0n) is 15.3. The molecule has 1 aliphatic heterocycles. The number of hydrogen-bond acceptors (Lipinski definition) is 3. The third kappa shape index (κ3) is 3.44. The maximum absolute atomic E-state index is 12.5. The molecule has 1 heterocycles. The van der Waals surface area contributed by atoms with Crippen molar-refractivity contribution in [1.29, 1.82) is 0 Å². The normalized spacial score (nSPS) is 28.2. The van der Waals surface area contributed by atoms with Crippen LogP contribution in [0, 0.1) is 0 Å². The second-order valence-electron chi connectivity index (χ2n) is 7.64. The molecule has 2 aliphatic rings. The summed E-state index contributed by atoms with van der Waals surface area (Å²) in [5.41, 5.74) is 8.50. The molecule has 1 saturated carbocycles. The second-order valence-corrected chi connectivity index (χ2v) is 8.07. The van der Waals surface area contributed by atoms with Crippen molar-refractivity contribution in [3.8, 4) is 0 Å². The quantitative estimate of drug-likeness (QED) is 0.833. The van der Waals surface area contributed by atoms with Crippen LogP contribution in [0.3, 0.4) is 0 Å². The van der Waals surface area contributed by atoms with E-state index in [-0.39, 0.29) is 23.6 Å². The minimum absolute atomic E-state index is 0.000228. The Labute approximate surface area is 165 Å². The molecule has 4 nitrogen and oxygen atoms in total. The molecule has 2 N–H and O–H groups in total. The van der Waals surface area contributed by atoms with Crippen LogP contribution >= 0.6 is 11.6 Å². The van der Waals surface area contributed by atoms with Crippen molar-refractivity contribution in [2.75, 3.05) is 13.2 Å². The third-order valence-corrected chi connectivity index (χ3v) is 6.46. The molecular weight excluding hydrogens is 360 g/mol. The number of carbonyl (C=O) groups is 1. The molecule has 1 saturated heterocycles. The van der Waals surface area contributed by atoms with Crippen molar-refractivity contribution in [2.45, 2.75) is 43.2 Å². The van der Waals surface area contributed by atoms with Crippen molar-refractivity contribution in [2.24, 2.45) is 5.73 Å². The van der Waals surface area contributed by atoms with Crippen molar-refractivity contribution in [3.05, 3.63) is 70.7 Å². The summed E-state index contributed by atoms with van der Waals surface area (Å²) in [5, 5.41) is 0.745. The first kappa shape index (κ1) is 18.3. The van der Waals surface area contributed by atoms with Crippen molar-refractivity contribution in [3.63, 3.8) is 0 Å². The number of nitrogens with two attached hydrogens (primary N) is 1. The molecule has 2 aromatic rings. The Morgan fingerprint density at radius 1 is 1.11 bits per heavy atom. The number of halogens is 1. The van der Waals surface area contributed by atoms with Crippen LogP contribution in [0.15, 0.2) is 54.6 Å². The molecule has 2 fully saturated rings. The van der Waals surface area contributed by atoms with E-state index in [4.69, 9.17) is 22.1 Å². The summed E-state index contributed by atoms with van der Waals surface area (Å²) in [7, 11) is 0. The number of cyclic esters (lactones) is 1. The molecule has 5 heteroatoms. The Morgan fingerprint density at radius 3 is 2.52 bits per heavy atom. The first-order valence-electron chi connectivity index (χ1n) is 9.59. The lowest BCUT2D eigenvalue weighted by atomic mass is 9.68. The summed E-state index contributed by atoms with van der Waals surface area (Å²) in [5.74, 6) is 0. The van der Waals surface area contributed by atoms with Gasteiger partial charge in [-0.1, -0.05) is 54.1 Å². The van der Waals surface area contributed by atoms with Gasteiger partial charge in [0.25, 0.3) is 0 Å². The van der Waals surface area contributed by atoms with Crippen LogP contribution in [-0.4, -0.2) is 30.2 Å². The summed E-state index contributed by atoms with van der Waals surface area (Å²) in [6.45, 7) is 1.02. The Hall–Kier alpha value is -2.04. The number of hydrogen-bond donors (Lipinski definition) is 1. The van der Waals surface area contributed by atoms with Gasteiger partial charge in [0.1, 0.15) is 6.61 Å². The third-order valence-electron chi connectivity index (χ3n) is 6.23. The zero-order chi connectivity index (χ0) is 18.9. The molecule has 1 amide bonds. The Balaban J connectivity index is 1.53. The summed E-state index contributed by atoms with van der Waals surface area (Å²) >= 11 is 6.21. The van der Waals surface area contributed by atoms with Crippen LogP contribution in [0.5, 0.6) is 0 Å². The number of rotatable bonds is 4. The molecule has 0 unspecified atom stereocenters. The molecule has 0 radical (unpaired) electrons. The van der Waals surface area contributed by atoms with Gasteiger partial charge in [0.15, 0.2) is 0 Å². The van der Waals surface area contributed by atoms with Gasteiger partial charge in [-0.2, -0.15) is 0 Å². The smallest absolute Gasteiger partial charge is 0.410 e. The first-order chi connectivity index (χ1) is 13.1. The Morgan fingerprint density at radius 2 is 1.85 bits per heavy atom. The summed E-state index contributed by atoms with van der Waals surface area (Å²) in [6, 6.07) is 18.4. The van der Waals surface area contributed by atoms with E-state index in [1.807, 2.05) is 41.3 Å². The minimum Gasteiger partial charge on any atom is -0.447 e. The van der Waals surface area contributed by atoms with E-state index in [1.54, 1.807) is 0 Å². The van der Waals surface area contributed by atoms with Crippen molar-refractivity contribution < 1.29 is 9.53 Å². The van der Waals surface area contributed by atoms with E-state index >= 15 is 0 Å². The van der Waals surface area contributed by atoms with Crippen molar-refractivity contribution in [1.82, 2.24) is 4.90 Å². The van der Waals surface area contributed by atoms with Gasteiger partial charge < -0.3 is 10.5 Å². The monoisotopic (exact) mass is 384 g/mol. The number of nitrogens with zero attached hydrogens (tertiary/aromatic N) is 1. The standard InChI is InChI=1S/C22H25ClN2O2/c23-18-8-4-7-17(13-18)22(15-24)11-9-19(10-12-22)25-20(14-27-21(25)26)16-5-2-1-3-6-16/h1-8,13,19-20H,9-12,14-15,24H2/t19?,20-,22?/m0/s1. The molecule has 4 rings (SSSR count). The lowest BCUT2D eigenvalue weighted by Crippen LogP contribution is -2.46. The van der Waals surface area contributed by atoms with E-state index in [1.165, 1.54) is 5.56 Å². The average Bonchev–Trinajstić information content (AvgIpc) is 3.10. The largest absolute Gasteiger partial charge is 0.447 e. The molecule has 1 atom stereocenters. The number of amides is 1. The molecular formula is C22H25ClN2O2. The van der Waals surface area contributed by atoms with Crippen molar-refractivity contribution >= 4 is 17.7 Å². The van der Waals surface area contributed by atoms with E-state index in [2.05, 4.69) is 18.2 Å². The van der Waals surface area contributed by atoms with Gasteiger partial charge in [0, 0.05) is 23.0 Å². The van der Waals surface area contributed by atoms with Crippen LogP contribution in [0.25, 0.3) is 0 Å². The molecule has 1 aliphatic carbocycles. The van der Waals surface area contributed by atoms with Crippen LogP contribution in [0.2, 0.25) is 5.02 Å². The lowest BCUT2D eigenvalue weighted by Gasteiger charge is -2.43. The van der Waals surface area contributed by atoms with E-state index < -0.39 is 0 Å². The maximum atomic E-state index is 12.5. The van der Waals surface area contributed by atoms with Crippen LogP contribution in [-0.2, 0) is 10.2 Å². The van der Waals surface area contributed by atoms with Gasteiger partial charge in [-0.25, -0.2) is 4.79 Å². The highest BCUT2D eigenvalue weighted by Gasteiger charge is 2.44. The van der Waals surface area contributed by atoms with Crippen LogP contribution in [0.4, 0.5) is 4.79 Å². The highest BCUT2D eigenvalue weighted by Crippen LogP contribution is 2.43. The minimum atomic E-state index is -0.197. The van der Waals surface area contributed by atoms with Crippen LogP contribution in [0.1, 0.15) is 42.9 Å². The fourth-order valence-electron chi connectivity index (χ4n) is 4.63. The first-order valence-corrected chi connectivity index (χ1v) is 9.97. The molecule has 142 valence electrons. The fourth-order valence-corrected chi connectivity index (χ4v) is 4.82. The van der Waals surface area contributed by atoms with Gasteiger partial charge in [0.2, 0.25) is 0 Å². The maximum Gasteiger partial charge on any atom is 0.410 e. The van der Waals surface area contributed by atoms with Gasteiger partial charge in [-0.15, -0.1) is 0 Å². The summed E-state index contributed by atoms with van der Waals surface area (Å²) in [6.07, 6.45) is 3.53. The zero-order valence-corrected chi connectivity index (χ0v) is 16.1. The highest BCUT2D eigenvalue weighted by atomic mass is 35.5. The molecule has 2 aromatic carbocycles. The number of benzene rings is 2. The predicted octanol–water partition coefficient (Wildman–Crippen LogP) is 4.67. The fraction of sp³-hybridized carbons (Fsp3) is 0.409. The van der Waals surface area contributed by atoms with Gasteiger partial charge in [0.05, 0.1) is 6.04 Å². The predicted molar refractivity (Wildman–Crippen MR) is 107 cm³/mol. The van der Waals surface area contributed by atoms with E-state index in [0.717, 1.165) is 36.3 Å². The van der Waals surface area contributed by atoms with E-state index in [0.29, 0.717) is 13.2 Å². The van der Waals surface area contributed by atoms with Gasteiger partial charge in [-0.3, -0.25) is 4.90 Å². The number of carbonyl (C=O) groups excluding carboxylic acids is 1. The Bertz CT molecular complexity index is 803. The van der Waals surface area contributed by atoms with Gasteiger partial charge >= 0.3 is 6.09 Å². The highest BCUT2D eigenvalue weighted by molar-refractivity contribution is 6.30. The topological polar surface area (TPSA) is 55.6 Å². The molecule has 0 spiro atoms. The summed E-state index contributed by atoms with van der Waals surface area (Å²) < 4.78 is 5.41. The Kier molecular flexibility index (Phi) is 5.11. The SMILES string of the molecule is NCC1(c2cccc(Cl)c2)CCC(N2C(=O)OC[C@H]2c2ccccc2)CC1. The summed E-state index contributed by atoms with van der Waals surface area (Å²) in [4.78, 5) is 14.4. The van der Waals surface area contributed by atoms with Crippen LogP contribution < -0.4 is 5.73 Å². The number of ether oxygens (including phenoxy) is 1. The average molecular weight is 385 g/mol.